The van der Waals surface area contributed by atoms with Crippen molar-refractivity contribution in [2.24, 2.45) is 0 Å². The van der Waals surface area contributed by atoms with Crippen LogP contribution in [0.3, 0.4) is 0 Å². The summed E-state index contributed by atoms with van der Waals surface area (Å²) in [5, 5.41) is 6.21. The highest BCUT2D eigenvalue weighted by atomic mass is 16.3. The van der Waals surface area contributed by atoms with Gasteiger partial charge >= 0.3 is 0 Å². The van der Waals surface area contributed by atoms with E-state index in [4.69, 9.17) is 4.42 Å². The van der Waals surface area contributed by atoms with Gasteiger partial charge in [-0.3, -0.25) is 4.79 Å². The van der Waals surface area contributed by atoms with Crippen molar-refractivity contribution in [3.63, 3.8) is 0 Å². The van der Waals surface area contributed by atoms with E-state index in [0.29, 0.717) is 18.9 Å². The molecule has 1 amide bonds. The third-order valence-electron chi connectivity index (χ3n) is 2.60. The van der Waals surface area contributed by atoms with E-state index in [1.54, 1.807) is 6.26 Å². The van der Waals surface area contributed by atoms with Crippen molar-refractivity contribution >= 4 is 5.91 Å². The predicted octanol–water partition coefficient (Wildman–Crippen LogP) is 0.690. The summed E-state index contributed by atoms with van der Waals surface area (Å²) >= 11 is 0. The summed E-state index contributed by atoms with van der Waals surface area (Å²) in [6.07, 6.45) is 3.85. The molecule has 0 aromatic carbocycles. The number of carbonyl (C=O) groups excluding carboxylic acids is 1. The van der Waals surface area contributed by atoms with Crippen LogP contribution in [0, 0.1) is 0 Å². The summed E-state index contributed by atoms with van der Waals surface area (Å²) in [5.41, 5.74) is 0. The molecule has 4 heteroatoms. The zero-order valence-corrected chi connectivity index (χ0v) is 8.66. The molecule has 1 aromatic rings. The lowest BCUT2D eigenvalue weighted by Gasteiger charge is -2.10. The maximum Gasteiger partial charge on any atom is 0.220 e. The van der Waals surface area contributed by atoms with Gasteiger partial charge < -0.3 is 15.1 Å². The van der Waals surface area contributed by atoms with Crippen molar-refractivity contribution < 1.29 is 9.21 Å². The summed E-state index contributed by atoms with van der Waals surface area (Å²) < 4.78 is 5.16. The summed E-state index contributed by atoms with van der Waals surface area (Å²) in [5.74, 6) is 0.981. The molecular formula is C11H16N2O2. The summed E-state index contributed by atoms with van der Waals surface area (Å²) in [6.45, 7) is 1.90. The second kappa shape index (κ2) is 4.98. The van der Waals surface area contributed by atoms with Crippen molar-refractivity contribution in [3.05, 3.63) is 24.2 Å². The average Bonchev–Trinajstić information content (AvgIpc) is 2.86. The Kier molecular flexibility index (Phi) is 3.40. The lowest BCUT2D eigenvalue weighted by atomic mass is 10.2. The van der Waals surface area contributed by atoms with Crippen LogP contribution in [0.5, 0.6) is 0 Å². The zero-order valence-electron chi connectivity index (χ0n) is 8.66. The third-order valence-corrected chi connectivity index (χ3v) is 2.60. The summed E-state index contributed by atoms with van der Waals surface area (Å²) in [4.78, 5) is 11.5. The molecule has 0 radical (unpaired) electrons. The number of nitrogens with one attached hydrogen (secondary N) is 2. The molecule has 0 unspecified atom stereocenters. The van der Waals surface area contributed by atoms with Gasteiger partial charge in [-0.1, -0.05) is 0 Å². The first-order chi connectivity index (χ1) is 7.34. The normalized spacial score (nSPS) is 20.4. The fourth-order valence-electron chi connectivity index (χ4n) is 1.77. The molecule has 0 spiro atoms. The average molecular weight is 208 g/mol. The molecule has 2 N–H and O–H groups in total. The lowest BCUT2D eigenvalue weighted by Crippen LogP contribution is -2.36. The van der Waals surface area contributed by atoms with Crippen LogP contribution in [0.2, 0.25) is 0 Å². The molecule has 1 atom stereocenters. The smallest absolute Gasteiger partial charge is 0.220 e. The molecule has 1 fully saturated rings. The molecule has 0 saturated carbocycles. The molecule has 0 bridgehead atoms. The molecule has 1 aliphatic rings. The van der Waals surface area contributed by atoms with Gasteiger partial charge in [0.2, 0.25) is 5.91 Å². The van der Waals surface area contributed by atoms with Crippen LogP contribution >= 0.6 is 0 Å². The standard InChI is InChI=1S/C11H16N2O2/c14-11(13-9-5-6-12-8-9)4-3-10-2-1-7-15-10/h1-2,7,9,12H,3-6,8H2,(H,13,14)/t9-/m0/s1. The van der Waals surface area contributed by atoms with Crippen molar-refractivity contribution in [2.75, 3.05) is 13.1 Å². The molecule has 0 aliphatic carbocycles. The van der Waals surface area contributed by atoms with E-state index in [2.05, 4.69) is 10.6 Å². The Bertz CT molecular complexity index is 302. The first-order valence-corrected chi connectivity index (χ1v) is 5.37. The first kappa shape index (κ1) is 10.2. The number of furan rings is 1. The van der Waals surface area contributed by atoms with Crippen molar-refractivity contribution in [3.8, 4) is 0 Å². The topological polar surface area (TPSA) is 54.3 Å². The molecule has 1 saturated heterocycles. The van der Waals surface area contributed by atoms with Gasteiger partial charge in [-0.15, -0.1) is 0 Å². The highest BCUT2D eigenvalue weighted by molar-refractivity contribution is 5.76. The molecule has 2 rings (SSSR count). The number of amides is 1. The van der Waals surface area contributed by atoms with Crippen molar-refractivity contribution in [1.29, 1.82) is 0 Å². The largest absolute Gasteiger partial charge is 0.469 e. The number of carbonyl (C=O) groups is 1. The molecule has 1 aliphatic heterocycles. The minimum absolute atomic E-state index is 0.111. The predicted molar refractivity (Wildman–Crippen MR) is 56.4 cm³/mol. The minimum atomic E-state index is 0.111. The second-order valence-electron chi connectivity index (χ2n) is 3.84. The lowest BCUT2D eigenvalue weighted by molar-refractivity contribution is -0.121. The van der Waals surface area contributed by atoms with Gasteiger partial charge in [0.25, 0.3) is 0 Å². The van der Waals surface area contributed by atoms with Crippen LogP contribution in [0.1, 0.15) is 18.6 Å². The van der Waals surface area contributed by atoms with Gasteiger partial charge in [0.1, 0.15) is 5.76 Å². The Morgan fingerprint density at radius 3 is 3.27 bits per heavy atom. The van der Waals surface area contributed by atoms with Crippen LogP contribution in [-0.4, -0.2) is 25.0 Å². The first-order valence-electron chi connectivity index (χ1n) is 5.37. The van der Waals surface area contributed by atoms with Crippen molar-refractivity contribution in [1.82, 2.24) is 10.6 Å². The van der Waals surface area contributed by atoms with Gasteiger partial charge in [0.15, 0.2) is 0 Å². The maximum atomic E-state index is 11.5. The van der Waals surface area contributed by atoms with Gasteiger partial charge in [-0.05, 0) is 25.1 Å². The molecule has 82 valence electrons. The third kappa shape index (κ3) is 3.09. The number of hydrogen-bond acceptors (Lipinski definition) is 3. The Morgan fingerprint density at radius 1 is 1.67 bits per heavy atom. The highest BCUT2D eigenvalue weighted by Crippen LogP contribution is 2.04. The SMILES string of the molecule is O=C(CCc1ccco1)N[C@H]1CCNC1. The van der Waals surface area contributed by atoms with E-state index < -0.39 is 0 Å². The van der Waals surface area contributed by atoms with Crippen LogP contribution < -0.4 is 10.6 Å². The van der Waals surface area contributed by atoms with E-state index in [1.165, 1.54) is 0 Å². The zero-order chi connectivity index (χ0) is 10.5. The van der Waals surface area contributed by atoms with E-state index in [1.807, 2.05) is 12.1 Å². The van der Waals surface area contributed by atoms with Gasteiger partial charge in [-0.25, -0.2) is 0 Å². The fraction of sp³-hybridized carbons (Fsp3) is 0.545. The van der Waals surface area contributed by atoms with Crippen LogP contribution in [0.4, 0.5) is 0 Å². The van der Waals surface area contributed by atoms with E-state index >= 15 is 0 Å². The van der Waals surface area contributed by atoms with Crippen molar-refractivity contribution in [2.45, 2.75) is 25.3 Å². The minimum Gasteiger partial charge on any atom is -0.469 e. The molecule has 15 heavy (non-hydrogen) atoms. The van der Waals surface area contributed by atoms with Gasteiger partial charge in [-0.2, -0.15) is 0 Å². The van der Waals surface area contributed by atoms with E-state index in [9.17, 15) is 4.79 Å². The molecule has 4 nitrogen and oxygen atoms in total. The number of aryl methyl sites for hydroxylation is 1. The molecule has 1 aromatic heterocycles. The molecule has 2 heterocycles. The molecular weight excluding hydrogens is 192 g/mol. The van der Waals surface area contributed by atoms with Gasteiger partial charge in [0, 0.05) is 25.4 Å². The fourth-order valence-corrected chi connectivity index (χ4v) is 1.77. The van der Waals surface area contributed by atoms with Crippen LogP contribution in [0.25, 0.3) is 0 Å². The quantitative estimate of drug-likeness (QED) is 0.765. The Hall–Kier alpha value is -1.29. The highest BCUT2D eigenvalue weighted by Gasteiger charge is 2.16. The van der Waals surface area contributed by atoms with Gasteiger partial charge in [0.05, 0.1) is 6.26 Å². The monoisotopic (exact) mass is 208 g/mol. The van der Waals surface area contributed by atoms with E-state index in [0.717, 1.165) is 25.3 Å². The van der Waals surface area contributed by atoms with Crippen LogP contribution in [0.15, 0.2) is 22.8 Å². The summed E-state index contributed by atoms with van der Waals surface area (Å²) in [7, 11) is 0. The van der Waals surface area contributed by atoms with Crippen LogP contribution in [-0.2, 0) is 11.2 Å². The second-order valence-corrected chi connectivity index (χ2v) is 3.84. The Balaban J connectivity index is 1.68. The van der Waals surface area contributed by atoms with E-state index in [-0.39, 0.29) is 5.91 Å². The number of rotatable bonds is 4. The number of hydrogen-bond donors (Lipinski definition) is 2. The maximum absolute atomic E-state index is 11.5. The Labute approximate surface area is 89.0 Å². The summed E-state index contributed by atoms with van der Waals surface area (Å²) in [6, 6.07) is 4.05. The Morgan fingerprint density at radius 2 is 2.60 bits per heavy atom.